The third-order valence-corrected chi connectivity index (χ3v) is 3.92. The number of nitrogens with two attached hydrogens (primary N) is 1. The van der Waals surface area contributed by atoms with Crippen molar-refractivity contribution in [3.8, 4) is 11.3 Å². The van der Waals surface area contributed by atoms with Gasteiger partial charge in [0.2, 0.25) is 0 Å². The maximum Gasteiger partial charge on any atom is 0.189 e. The summed E-state index contributed by atoms with van der Waals surface area (Å²) in [5.74, 6) is 0.505. The summed E-state index contributed by atoms with van der Waals surface area (Å²) < 4.78 is 0. The molecule has 1 heterocycles. The minimum absolute atomic E-state index is 0.390. The van der Waals surface area contributed by atoms with E-state index in [4.69, 9.17) is 5.73 Å². The molecule has 20 heavy (non-hydrogen) atoms. The third-order valence-electron chi connectivity index (χ3n) is 3.37. The Morgan fingerprint density at radius 3 is 2.35 bits per heavy atom. The smallest absolute Gasteiger partial charge is 0.189 e. The van der Waals surface area contributed by atoms with Crippen LogP contribution in [0.5, 0.6) is 0 Å². The molecule has 1 unspecified atom stereocenters. The van der Waals surface area contributed by atoms with Crippen LogP contribution in [0.3, 0.4) is 0 Å². The summed E-state index contributed by atoms with van der Waals surface area (Å²) in [5.41, 5.74) is 9.03. The Balaban J connectivity index is 2.32. The number of hydrogen-bond acceptors (Lipinski definition) is 5. The minimum Gasteiger partial charge on any atom is -0.384 e. The summed E-state index contributed by atoms with van der Waals surface area (Å²) in [6.45, 7) is 2.18. The van der Waals surface area contributed by atoms with E-state index in [9.17, 15) is 0 Å². The fourth-order valence-corrected chi connectivity index (χ4v) is 2.30. The molecule has 1 aromatic heterocycles. The van der Waals surface area contributed by atoms with Crippen LogP contribution in [0.15, 0.2) is 35.5 Å². The van der Waals surface area contributed by atoms with Crippen LogP contribution in [-0.4, -0.2) is 35.2 Å². The zero-order valence-corrected chi connectivity index (χ0v) is 13.1. The quantitative estimate of drug-likeness (QED) is 0.692. The molecular formula is C15H20N4S. The Labute approximate surface area is 124 Å². The monoisotopic (exact) mass is 288 g/mol. The van der Waals surface area contributed by atoms with Gasteiger partial charge in [-0.3, -0.25) is 0 Å². The first-order valence-electron chi connectivity index (χ1n) is 6.46. The molecule has 2 aromatic rings. The number of nitrogen functional groups attached to an aromatic ring is 1. The zero-order chi connectivity index (χ0) is 14.7. The van der Waals surface area contributed by atoms with Crippen molar-refractivity contribution in [2.45, 2.75) is 18.1 Å². The molecule has 1 aromatic carbocycles. The van der Waals surface area contributed by atoms with Crippen molar-refractivity contribution in [1.82, 2.24) is 14.9 Å². The highest BCUT2D eigenvalue weighted by Gasteiger charge is 2.09. The van der Waals surface area contributed by atoms with Crippen LogP contribution in [0.1, 0.15) is 18.5 Å². The normalized spacial score (nSPS) is 12.7. The van der Waals surface area contributed by atoms with Gasteiger partial charge < -0.3 is 10.6 Å². The SMILES string of the molecule is CSc1nc(N)cc(-c2ccc(C(C)N(C)C)cc2)n1. The van der Waals surface area contributed by atoms with E-state index in [-0.39, 0.29) is 0 Å². The lowest BCUT2D eigenvalue weighted by atomic mass is 10.0. The first-order chi connectivity index (χ1) is 9.51. The predicted molar refractivity (Wildman–Crippen MR) is 85.8 cm³/mol. The van der Waals surface area contributed by atoms with Gasteiger partial charge in [0.25, 0.3) is 0 Å². The summed E-state index contributed by atoms with van der Waals surface area (Å²) in [7, 11) is 4.16. The van der Waals surface area contributed by atoms with Crippen LogP contribution in [0.2, 0.25) is 0 Å². The Hall–Kier alpha value is -1.59. The maximum atomic E-state index is 5.82. The van der Waals surface area contributed by atoms with Gasteiger partial charge >= 0.3 is 0 Å². The molecule has 0 aliphatic carbocycles. The van der Waals surface area contributed by atoms with Crippen molar-refractivity contribution in [3.05, 3.63) is 35.9 Å². The largest absolute Gasteiger partial charge is 0.384 e. The first kappa shape index (κ1) is 14.8. The molecular weight excluding hydrogens is 268 g/mol. The molecule has 1 atom stereocenters. The number of thioether (sulfide) groups is 1. The van der Waals surface area contributed by atoms with Crippen LogP contribution in [0.25, 0.3) is 11.3 Å². The van der Waals surface area contributed by atoms with Gasteiger partial charge in [-0.2, -0.15) is 0 Å². The number of benzene rings is 1. The Morgan fingerprint density at radius 2 is 1.80 bits per heavy atom. The van der Waals surface area contributed by atoms with E-state index < -0.39 is 0 Å². The van der Waals surface area contributed by atoms with Gasteiger partial charge in [-0.25, -0.2) is 9.97 Å². The molecule has 0 amide bonds. The van der Waals surface area contributed by atoms with Gasteiger partial charge in [0.05, 0.1) is 5.69 Å². The molecule has 4 nitrogen and oxygen atoms in total. The summed E-state index contributed by atoms with van der Waals surface area (Å²) in [5, 5.41) is 0.700. The molecule has 0 aliphatic rings. The predicted octanol–water partition coefficient (Wildman–Crippen LogP) is 3.07. The van der Waals surface area contributed by atoms with Crippen molar-refractivity contribution in [2.24, 2.45) is 0 Å². The number of anilines is 1. The number of aromatic nitrogens is 2. The molecule has 0 spiro atoms. The lowest BCUT2D eigenvalue weighted by molar-refractivity contribution is 0.321. The molecule has 0 fully saturated rings. The van der Waals surface area contributed by atoms with Crippen LogP contribution in [-0.2, 0) is 0 Å². The molecule has 0 saturated heterocycles. The van der Waals surface area contributed by atoms with Gasteiger partial charge in [0, 0.05) is 17.7 Å². The average Bonchev–Trinajstić information content (AvgIpc) is 2.45. The standard InChI is InChI=1S/C15H20N4S/c1-10(19(2)3)11-5-7-12(8-6-11)13-9-14(16)18-15(17-13)20-4/h5-10H,1-4H3,(H2,16,17,18). The molecule has 106 valence electrons. The van der Waals surface area contributed by atoms with Crippen LogP contribution < -0.4 is 5.73 Å². The molecule has 0 saturated carbocycles. The van der Waals surface area contributed by atoms with E-state index in [1.807, 2.05) is 12.3 Å². The number of rotatable bonds is 4. The second kappa shape index (κ2) is 6.24. The van der Waals surface area contributed by atoms with Crippen molar-refractivity contribution in [3.63, 3.8) is 0 Å². The van der Waals surface area contributed by atoms with Crippen molar-refractivity contribution in [1.29, 1.82) is 0 Å². The van der Waals surface area contributed by atoms with E-state index in [0.717, 1.165) is 11.3 Å². The van der Waals surface area contributed by atoms with E-state index >= 15 is 0 Å². The lowest BCUT2D eigenvalue weighted by Gasteiger charge is -2.20. The van der Waals surface area contributed by atoms with Gasteiger partial charge in [0.1, 0.15) is 5.82 Å². The van der Waals surface area contributed by atoms with Crippen molar-refractivity contribution >= 4 is 17.6 Å². The highest BCUT2D eigenvalue weighted by molar-refractivity contribution is 7.98. The van der Waals surface area contributed by atoms with Crippen molar-refractivity contribution in [2.75, 3.05) is 26.1 Å². The molecule has 0 radical (unpaired) electrons. The zero-order valence-electron chi connectivity index (χ0n) is 12.3. The highest BCUT2D eigenvalue weighted by Crippen LogP contribution is 2.24. The minimum atomic E-state index is 0.390. The fraction of sp³-hybridized carbons (Fsp3) is 0.333. The van der Waals surface area contributed by atoms with E-state index in [1.54, 1.807) is 0 Å². The fourth-order valence-electron chi connectivity index (χ4n) is 1.91. The van der Waals surface area contributed by atoms with Crippen LogP contribution >= 0.6 is 11.8 Å². The summed E-state index contributed by atoms with van der Waals surface area (Å²) in [6, 6.07) is 10.6. The second-order valence-electron chi connectivity index (χ2n) is 4.93. The third kappa shape index (κ3) is 3.29. The molecule has 0 aliphatic heterocycles. The van der Waals surface area contributed by atoms with Gasteiger partial charge in [-0.05, 0) is 32.8 Å². The molecule has 2 rings (SSSR count). The lowest BCUT2D eigenvalue weighted by Crippen LogP contribution is -2.16. The second-order valence-corrected chi connectivity index (χ2v) is 5.70. The summed E-state index contributed by atoms with van der Waals surface area (Å²) in [4.78, 5) is 10.8. The van der Waals surface area contributed by atoms with Gasteiger partial charge in [0.15, 0.2) is 5.16 Å². The van der Waals surface area contributed by atoms with E-state index in [2.05, 4.69) is 60.2 Å². The number of nitrogens with zero attached hydrogens (tertiary/aromatic N) is 3. The van der Waals surface area contributed by atoms with Crippen LogP contribution in [0, 0.1) is 0 Å². The molecule has 2 N–H and O–H groups in total. The topological polar surface area (TPSA) is 55.0 Å². The highest BCUT2D eigenvalue weighted by atomic mass is 32.2. The van der Waals surface area contributed by atoms with E-state index in [1.165, 1.54) is 17.3 Å². The molecule has 5 heteroatoms. The number of hydrogen-bond donors (Lipinski definition) is 1. The summed E-state index contributed by atoms with van der Waals surface area (Å²) >= 11 is 1.49. The Kier molecular flexibility index (Phi) is 4.62. The van der Waals surface area contributed by atoms with Gasteiger partial charge in [-0.1, -0.05) is 36.0 Å². The summed E-state index contributed by atoms with van der Waals surface area (Å²) in [6.07, 6.45) is 1.94. The first-order valence-corrected chi connectivity index (χ1v) is 7.69. The van der Waals surface area contributed by atoms with E-state index in [0.29, 0.717) is 17.0 Å². The molecule has 0 bridgehead atoms. The van der Waals surface area contributed by atoms with Crippen LogP contribution in [0.4, 0.5) is 5.82 Å². The Bertz CT molecular complexity index is 581. The average molecular weight is 288 g/mol. The van der Waals surface area contributed by atoms with Gasteiger partial charge in [-0.15, -0.1) is 0 Å². The maximum absolute atomic E-state index is 5.82. The Morgan fingerprint density at radius 1 is 1.15 bits per heavy atom. The van der Waals surface area contributed by atoms with Crippen molar-refractivity contribution < 1.29 is 0 Å².